The van der Waals surface area contributed by atoms with Crippen LogP contribution >= 0.6 is 0 Å². The van der Waals surface area contributed by atoms with Gasteiger partial charge >= 0.3 is 5.97 Å². The Morgan fingerprint density at radius 2 is 1.62 bits per heavy atom. The molecule has 0 aliphatic carbocycles. The number of benzene rings is 2. The van der Waals surface area contributed by atoms with Crippen molar-refractivity contribution < 1.29 is 9.90 Å². The largest absolute Gasteiger partial charge is 0.478 e. The molecule has 3 aliphatic heterocycles. The van der Waals surface area contributed by atoms with Crippen LogP contribution in [0.15, 0.2) is 48.5 Å². The molecule has 0 saturated carbocycles. The molecule has 3 saturated heterocycles. The standard InChI is InChI=1S/C26H34N4O2/c1-28-23-10-11-24(28)17-21(16-23)27-25-5-3-2-4-20(25)18-29-12-14-30(15-13-29)22-8-6-19(7-9-22)26(31)32/h2-9,21,23-24,27H,10-18H2,1H3,(H,31,32)/t21?,23-,24+. The highest BCUT2D eigenvalue weighted by Crippen LogP contribution is 2.36. The molecule has 0 radical (unpaired) electrons. The number of hydrogen-bond donors (Lipinski definition) is 2. The van der Waals surface area contributed by atoms with Crippen LogP contribution in [0.2, 0.25) is 0 Å². The van der Waals surface area contributed by atoms with Crippen LogP contribution in [0, 0.1) is 0 Å². The topological polar surface area (TPSA) is 59.0 Å². The fourth-order valence-electron chi connectivity index (χ4n) is 5.77. The van der Waals surface area contributed by atoms with Crippen molar-refractivity contribution in [2.75, 3.05) is 43.4 Å². The first-order valence-electron chi connectivity index (χ1n) is 11.9. The number of carboxylic acid groups (broad SMARTS) is 1. The lowest BCUT2D eigenvalue weighted by atomic mass is 9.97. The fourth-order valence-corrected chi connectivity index (χ4v) is 5.77. The van der Waals surface area contributed by atoms with Crippen LogP contribution in [0.3, 0.4) is 0 Å². The zero-order valence-electron chi connectivity index (χ0n) is 18.9. The van der Waals surface area contributed by atoms with Gasteiger partial charge in [-0.2, -0.15) is 0 Å². The van der Waals surface area contributed by atoms with Crippen molar-refractivity contribution in [3.63, 3.8) is 0 Å². The minimum atomic E-state index is -0.874. The van der Waals surface area contributed by atoms with Gasteiger partial charge in [0.15, 0.2) is 0 Å². The zero-order chi connectivity index (χ0) is 22.1. The van der Waals surface area contributed by atoms with Crippen LogP contribution in [0.1, 0.15) is 41.6 Å². The lowest BCUT2D eigenvalue weighted by Gasteiger charge is -2.38. The fraction of sp³-hybridized carbons (Fsp3) is 0.500. The number of aromatic carboxylic acids is 1. The maximum absolute atomic E-state index is 11.1. The summed E-state index contributed by atoms with van der Waals surface area (Å²) >= 11 is 0. The molecule has 3 heterocycles. The molecule has 3 aliphatic rings. The van der Waals surface area contributed by atoms with Crippen LogP contribution in [-0.4, -0.2) is 72.2 Å². The summed E-state index contributed by atoms with van der Waals surface area (Å²) in [7, 11) is 2.30. The van der Waals surface area contributed by atoms with E-state index in [-0.39, 0.29) is 0 Å². The Hall–Kier alpha value is -2.57. The third-order valence-corrected chi connectivity index (χ3v) is 7.72. The van der Waals surface area contributed by atoms with E-state index in [1.54, 1.807) is 12.1 Å². The Morgan fingerprint density at radius 3 is 2.28 bits per heavy atom. The van der Waals surface area contributed by atoms with E-state index in [1.807, 2.05) is 12.1 Å². The maximum Gasteiger partial charge on any atom is 0.335 e. The maximum atomic E-state index is 11.1. The van der Waals surface area contributed by atoms with Crippen molar-refractivity contribution in [1.82, 2.24) is 9.80 Å². The Kier molecular flexibility index (Phi) is 6.07. The molecule has 2 N–H and O–H groups in total. The molecule has 2 aromatic carbocycles. The van der Waals surface area contributed by atoms with Crippen LogP contribution in [0.4, 0.5) is 11.4 Å². The van der Waals surface area contributed by atoms with E-state index in [0.29, 0.717) is 11.6 Å². The Balaban J connectivity index is 1.17. The summed E-state index contributed by atoms with van der Waals surface area (Å²) in [5.74, 6) is -0.874. The second kappa shape index (κ2) is 9.12. The number of nitrogens with one attached hydrogen (secondary N) is 1. The number of para-hydroxylation sites is 1. The first-order chi connectivity index (χ1) is 15.6. The quantitative estimate of drug-likeness (QED) is 0.722. The Morgan fingerprint density at radius 1 is 0.969 bits per heavy atom. The molecule has 0 amide bonds. The Bertz CT molecular complexity index is 925. The van der Waals surface area contributed by atoms with Crippen molar-refractivity contribution in [2.45, 2.75) is 50.4 Å². The molecule has 2 bridgehead atoms. The summed E-state index contributed by atoms with van der Waals surface area (Å²) < 4.78 is 0. The number of nitrogens with zero attached hydrogens (tertiary/aromatic N) is 3. The van der Waals surface area contributed by atoms with Crippen molar-refractivity contribution >= 4 is 17.3 Å². The number of fused-ring (bicyclic) bond motifs is 2. The van der Waals surface area contributed by atoms with E-state index < -0.39 is 5.97 Å². The molecular formula is C26H34N4O2. The molecule has 3 fully saturated rings. The van der Waals surface area contributed by atoms with Gasteiger partial charge in [0.25, 0.3) is 0 Å². The van der Waals surface area contributed by atoms with Gasteiger partial charge in [0.2, 0.25) is 0 Å². The highest BCUT2D eigenvalue weighted by atomic mass is 16.4. The third kappa shape index (κ3) is 4.48. The number of anilines is 2. The van der Waals surface area contributed by atoms with E-state index >= 15 is 0 Å². The lowest BCUT2D eigenvalue weighted by Crippen LogP contribution is -2.46. The van der Waals surface area contributed by atoms with Crippen LogP contribution in [0.25, 0.3) is 0 Å². The summed E-state index contributed by atoms with van der Waals surface area (Å²) in [5.41, 5.74) is 4.13. The second-order valence-corrected chi connectivity index (χ2v) is 9.64. The average Bonchev–Trinajstić information content (AvgIpc) is 3.01. The molecule has 0 aromatic heterocycles. The number of piperazine rings is 1. The van der Waals surface area contributed by atoms with Crippen molar-refractivity contribution in [3.05, 3.63) is 59.7 Å². The molecular weight excluding hydrogens is 400 g/mol. The highest BCUT2D eigenvalue weighted by molar-refractivity contribution is 5.88. The average molecular weight is 435 g/mol. The monoisotopic (exact) mass is 434 g/mol. The molecule has 6 heteroatoms. The van der Waals surface area contributed by atoms with E-state index in [4.69, 9.17) is 5.11 Å². The van der Waals surface area contributed by atoms with Gasteiger partial charge in [-0.3, -0.25) is 4.90 Å². The van der Waals surface area contributed by atoms with E-state index in [9.17, 15) is 4.79 Å². The molecule has 170 valence electrons. The summed E-state index contributed by atoms with van der Waals surface area (Å²) in [6.45, 7) is 4.90. The predicted molar refractivity (Wildman–Crippen MR) is 129 cm³/mol. The molecule has 1 unspecified atom stereocenters. The molecule has 6 nitrogen and oxygen atoms in total. The molecule has 2 aromatic rings. The van der Waals surface area contributed by atoms with Gasteiger partial charge in [0.1, 0.15) is 0 Å². The zero-order valence-corrected chi connectivity index (χ0v) is 18.9. The van der Waals surface area contributed by atoms with Crippen molar-refractivity contribution in [1.29, 1.82) is 0 Å². The predicted octanol–water partition coefficient (Wildman–Crippen LogP) is 3.74. The molecule has 32 heavy (non-hydrogen) atoms. The molecule has 5 rings (SSSR count). The number of rotatable bonds is 6. The number of piperidine rings is 1. The highest BCUT2D eigenvalue weighted by Gasteiger charge is 2.38. The third-order valence-electron chi connectivity index (χ3n) is 7.72. The van der Waals surface area contributed by atoms with Gasteiger partial charge in [0, 0.05) is 62.2 Å². The smallest absolute Gasteiger partial charge is 0.335 e. The first-order valence-corrected chi connectivity index (χ1v) is 11.9. The minimum absolute atomic E-state index is 0.342. The first kappa shape index (κ1) is 21.3. The summed E-state index contributed by atoms with van der Waals surface area (Å²) in [5, 5.41) is 13.0. The summed E-state index contributed by atoms with van der Waals surface area (Å²) in [6, 6.07) is 18.1. The minimum Gasteiger partial charge on any atom is -0.478 e. The second-order valence-electron chi connectivity index (χ2n) is 9.64. The van der Waals surface area contributed by atoms with E-state index in [0.717, 1.165) is 50.5 Å². The van der Waals surface area contributed by atoms with Gasteiger partial charge in [-0.15, -0.1) is 0 Å². The van der Waals surface area contributed by atoms with Gasteiger partial charge < -0.3 is 20.2 Å². The van der Waals surface area contributed by atoms with Gasteiger partial charge in [-0.25, -0.2) is 4.79 Å². The summed E-state index contributed by atoms with van der Waals surface area (Å²) in [6.07, 6.45) is 5.20. The lowest BCUT2D eigenvalue weighted by molar-refractivity contribution is 0.0697. The normalized spacial score (nSPS) is 26.3. The van der Waals surface area contributed by atoms with Gasteiger partial charge in [-0.05, 0) is 68.6 Å². The van der Waals surface area contributed by atoms with Crippen molar-refractivity contribution in [3.8, 4) is 0 Å². The van der Waals surface area contributed by atoms with Gasteiger partial charge in [-0.1, -0.05) is 18.2 Å². The Labute approximate surface area is 190 Å². The van der Waals surface area contributed by atoms with Crippen LogP contribution < -0.4 is 10.2 Å². The van der Waals surface area contributed by atoms with Gasteiger partial charge in [0.05, 0.1) is 5.56 Å². The van der Waals surface area contributed by atoms with Crippen molar-refractivity contribution in [2.24, 2.45) is 0 Å². The van der Waals surface area contributed by atoms with Crippen LogP contribution in [-0.2, 0) is 6.54 Å². The van der Waals surface area contributed by atoms with Crippen LogP contribution in [0.5, 0.6) is 0 Å². The molecule has 0 spiro atoms. The SMILES string of the molecule is CN1[C@@H]2CC[C@H]1CC(Nc1ccccc1CN1CCN(c3ccc(C(=O)O)cc3)CC1)C2. The molecule has 3 atom stereocenters. The summed E-state index contributed by atoms with van der Waals surface area (Å²) in [4.78, 5) is 18.6. The number of hydrogen-bond acceptors (Lipinski definition) is 5. The number of carboxylic acids is 1. The van der Waals surface area contributed by atoms with E-state index in [2.05, 4.69) is 51.3 Å². The van der Waals surface area contributed by atoms with E-state index in [1.165, 1.54) is 36.9 Å². The number of carbonyl (C=O) groups is 1.